The zero-order chi connectivity index (χ0) is 23.4. The van der Waals surface area contributed by atoms with Crippen molar-refractivity contribution in [3.8, 4) is 5.69 Å². The predicted octanol–water partition coefficient (Wildman–Crippen LogP) is 4.33. The van der Waals surface area contributed by atoms with Crippen molar-refractivity contribution in [2.45, 2.75) is 18.5 Å². The number of halogens is 1. The van der Waals surface area contributed by atoms with Crippen LogP contribution in [-0.2, 0) is 16.0 Å². The Morgan fingerprint density at radius 2 is 1.73 bits per heavy atom. The molecule has 33 heavy (non-hydrogen) atoms. The molecule has 1 heterocycles. The average Bonchev–Trinajstić information content (AvgIpc) is 2.79. The number of carbonyl (C=O) groups excluding carboxylic acids is 2. The first-order valence-electron chi connectivity index (χ1n) is 10.2. The summed E-state index contributed by atoms with van der Waals surface area (Å²) < 4.78 is 1.50. The summed E-state index contributed by atoms with van der Waals surface area (Å²) in [6.45, 7) is 1.90. The van der Waals surface area contributed by atoms with Gasteiger partial charge < -0.3 is 0 Å². The molecule has 0 bridgehead atoms. The molecule has 0 fully saturated rings. The normalized spacial score (nSPS) is 10.8. The Balaban J connectivity index is 1.60. The van der Waals surface area contributed by atoms with Gasteiger partial charge in [-0.15, -0.1) is 0 Å². The van der Waals surface area contributed by atoms with Gasteiger partial charge in [0.15, 0.2) is 5.16 Å². The van der Waals surface area contributed by atoms with E-state index >= 15 is 0 Å². The number of fused-ring (bicyclic) bond motifs is 1. The molecule has 3 aromatic carbocycles. The lowest BCUT2D eigenvalue weighted by atomic mass is 10.1. The fraction of sp³-hybridized carbons (Fsp3) is 0.120. The summed E-state index contributed by atoms with van der Waals surface area (Å²) in [4.78, 5) is 42.6. The van der Waals surface area contributed by atoms with E-state index in [9.17, 15) is 14.4 Å². The Hall–Kier alpha value is -3.42. The van der Waals surface area contributed by atoms with Crippen LogP contribution >= 0.6 is 23.4 Å². The van der Waals surface area contributed by atoms with Crippen molar-refractivity contribution < 1.29 is 9.59 Å². The molecule has 0 radical (unpaired) electrons. The fourth-order valence-electron chi connectivity index (χ4n) is 3.41. The van der Waals surface area contributed by atoms with Crippen LogP contribution in [0.2, 0.25) is 5.02 Å². The van der Waals surface area contributed by atoms with Gasteiger partial charge in [0.25, 0.3) is 5.56 Å². The van der Waals surface area contributed by atoms with Crippen molar-refractivity contribution in [3.05, 3.63) is 99.3 Å². The van der Waals surface area contributed by atoms with Gasteiger partial charge in [0, 0.05) is 5.02 Å². The number of nitrogens with one attached hydrogen (secondary N) is 1. The standard InChI is InChI=1S/C25H20ClN3O3S/c1-16-7-5-6-10-21(16)29-24(32)19-12-11-18(26)14-20(19)27-25(29)33-15-23(31)28-22(30)13-17-8-3-2-4-9-17/h2-12,14H,13,15H2,1H3,(H,28,30,31). The maximum atomic E-state index is 13.4. The van der Waals surface area contributed by atoms with Crippen molar-refractivity contribution in [1.82, 2.24) is 14.9 Å². The molecular formula is C25H20ClN3O3S. The van der Waals surface area contributed by atoms with Crippen LogP contribution in [0.1, 0.15) is 11.1 Å². The smallest absolute Gasteiger partial charge is 0.266 e. The third-order valence-corrected chi connectivity index (χ3v) is 6.15. The summed E-state index contributed by atoms with van der Waals surface area (Å²) in [6.07, 6.45) is 0.109. The highest BCUT2D eigenvalue weighted by molar-refractivity contribution is 7.99. The second kappa shape index (κ2) is 10.0. The van der Waals surface area contributed by atoms with E-state index in [1.807, 2.05) is 61.5 Å². The molecule has 4 rings (SSSR count). The number of rotatable bonds is 6. The van der Waals surface area contributed by atoms with Crippen LogP contribution in [0.3, 0.4) is 0 Å². The molecule has 0 saturated carbocycles. The minimum Gasteiger partial charge on any atom is -0.295 e. The number of aromatic nitrogens is 2. The van der Waals surface area contributed by atoms with Gasteiger partial charge in [-0.1, -0.05) is 71.9 Å². The van der Waals surface area contributed by atoms with Crippen molar-refractivity contribution in [3.63, 3.8) is 0 Å². The summed E-state index contributed by atoms with van der Waals surface area (Å²) >= 11 is 7.19. The highest BCUT2D eigenvalue weighted by Gasteiger charge is 2.17. The van der Waals surface area contributed by atoms with E-state index in [2.05, 4.69) is 10.3 Å². The topological polar surface area (TPSA) is 81.1 Å². The van der Waals surface area contributed by atoms with Gasteiger partial charge in [-0.3, -0.25) is 24.3 Å². The quantitative estimate of drug-likeness (QED) is 0.330. The van der Waals surface area contributed by atoms with Crippen molar-refractivity contribution in [2.75, 3.05) is 5.75 Å². The number of hydrogen-bond acceptors (Lipinski definition) is 5. The number of nitrogens with zero attached hydrogens (tertiary/aromatic N) is 2. The van der Waals surface area contributed by atoms with Gasteiger partial charge in [0.05, 0.1) is 28.8 Å². The maximum absolute atomic E-state index is 13.4. The average molecular weight is 478 g/mol. The zero-order valence-corrected chi connectivity index (χ0v) is 19.3. The molecule has 6 nitrogen and oxygen atoms in total. The monoisotopic (exact) mass is 477 g/mol. The molecule has 2 amide bonds. The van der Waals surface area contributed by atoms with Gasteiger partial charge in [-0.05, 0) is 42.3 Å². The maximum Gasteiger partial charge on any atom is 0.266 e. The van der Waals surface area contributed by atoms with E-state index in [4.69, 9.17) is 11.6 Å². The number of para-hydroxylation sites is 1. The molecule has 0 aliphatic carbocycles. The Labute approximate surface area is 199 Å². The molecular weight excluding hydrogens is 458 g/mol. The van der Waals surface area contributed by atoms with Gasteiger partial charge in [-0.2, -0.15) is 0 Å². The third-order valence-electron chi connectivity index (χ3n) is 4.98. The lowest BCUT2D eigenvalue weighted by Crippen LogP contribution is -2.33. The van der Waals surface area contributed by atoms with Crippen molar-refractivity contribution in [1.29, 1.82) is 0 Å². The first kappa shape index (κ1) is 22.8. The van der Waals surface area contributed by atoms with E-state index in [0.717, 1.165) is 22.9 Å². The number of benzene rings is 3. The van der Waals surface area contributed by atoms with Crippen LogP contribution < -0.4 is 10.9 Å². The molecule has 0 saturated heterocycles. The molecule has 8 heteroatoms. The molecule has 0 spiro atoms. The fourth-order valence-corrected chi connectivity index (χ4v) is 4.38. The van der Waals surface area contributed by atoms with Gasteiger partial charge in [0.2, 0.25) is 11.8 Å². The minimum absolute atomic E-state index is 0.0784. The largest absolute Gasteiger partial charge is 0.295 e. The Morgan fingerprint density at radius 3 is 2.48 bits per heavy atom. The zero-order valence-electron chi connectivity index (χ0n) is 17.7. The molecule has 0 atom stereocenters. The van der Waals surface area contributed by atoms with Gasteiger partial charge >= 0.3 is 0 Å². The van der Waals surface area contributed by atoms with Crippen molar-refractivity contribution >= 4 is 46.1 Å². The predicted molar refractivity (Wildman–Crippen MR) is 131 cm³/mol. The SMILES string of the molecule is Cc1ccccc1-n1c(SCC(=O)NC(=O)Cc2ccccc2)nc2cc(Cl)ccc2c1=O. The van der Waals surface area contributed by atoms with E-state index < -0.39 is 5.91 Å². The molecule has 1 aromatic heterocycles. The number of hydrogen-bond donors (Lipinski definition) is 1. The summed E-state index contributed by atoms with van der Waals surface area (Å²) in [5.41, 5.74) is 2.57. The van der Waals surface area contributed by atoms with E-state index in [1.54, 1.807) is 18.2 Å². The van der Waals surface area contributed by atoms with Crippen LogP contribution in [0.5, 0.6) is 0 Å². The van der Waals surface area contributed by atoms with Gasteiger partial charge in [-0.25, -0.2) is 4.98 Å². The van der Waals surface area contributed by atoms with E-state index in [0.29, 0.717) is 26.8 Å². The molecule has 0 aliphatic heterocycles. The van der Waals surface area contributed by atoms with E-state index in [-0.39, 0.29) is 23.6 Å². The molecule has 1 N–H and O–H groups in total. The molecule has 4 aromatic rings. The van der Waals surface area contributed by atoms with E-state index in [1.165, 1.54) is 4.57 Å². The first-order valence-corrected chi connectivity index (χ1v) is 11.6. The summed E-state index contributed by atoms with van der Waals surface area (Å²) in [6, 6.07) is 21.5. The second-order valence-corrected chi connectivity index (χ2v) is 8.78. The number of carbonyl (C=O) groups is 2. The first-order chi connectivity index (χ1) is 15.9. The molecule has 0 unspecified atom stereocenters. The van der Waals surface area contributed by atoms with Crippen molar-refractivity contribution in [2.24, 2.45) is 0 Å². The number of amides is 2. The Morgan fingerprint density at radius 1 is 1.00 bits per heavy atom. The summed E-state index contributed by atoms with van der Waals surface area (Å²) in [5.74, 6) is -0.927. The third kappa shape index (κ3) is 5.32. The second-order valence-electron chi connectivity index (χ2n) is 7.41. The number of imide groups is 1. The number of aryl methyl sites for hydroxylation is 1. The number of thioether (sulfide) groups is 1. The van der Waals surface area contributed by atoms with Crippen LogP contribution in [0.15, 0.2) is 82.7 Å². The minimum atomic E-state index is -0.460. The lowest BCUT2D eigenvalue weighted by molar-refractivity contribution is -0.128. The summed E-state index contributed by atoms with van der Waals surface area (Å²) in [5, 5.41) is 3.62. The lowest BCUT2D eigenvalue weighted by Gasteiger charge is -2.15. The van der Waals surface area contributed by atoms with Crippen LogP contribution in [0.4, 0.5) is 0 Å². The Kier molecular flexibility index (Phi) is 6.91. The van der Waals surface area contributed by atoms with Crippen LogP contribution in [0, 0.1) is 6.92 Å². The van der Waals surface area contributed by atoms with Crippen LogP contribution in [0.25, 0.3) is 16.6 Å². The van der Waals surface area contributed by atoms with Crippen LogP contribution in [-0.4, -0.2) is 27.1 Å². The Bertz CT molecular complexity index is 1400. The summed E-state index contributed by atoms with van der Waals surface area (Å²) in [7, 11) is 0. The highest BCUT2D eigenvalue weighted by atomic mass is 35.5. The molecule has 0 aliphatic rings. The highest BCUT2D eigenvalue weighted by Crippen LogP contribution is 2.24. The van der Waals surface area contributed by atoms with Gasteiger partial charge in [0.1, 0.15) is 0 Å². The molecule has 166 valence electrons.